The van der Waals surface area contributed by atoms with Gasteiger partial charge in [0.15, 0.2) is 5.82 Å². The van der Waals surface area contributed by atoms with Crippen LogP contribution in [0.25, 0.3) is 0 Å². The summed E-state index contributed by atoms with van der Waals surface area (Å²) in [5.41, 5.74) is 7.62. The van der Waals surface area contributed by atoms with Crippen LogP contribution in [0.3, 0.4) is 0 Å². The summed E-state index contributed by atoms with van der Waals surface area (Å²) in [5, 5.41) is 3.21. The largest absolute Gasteiger partial charge is 0.476 e. The standard InChI is InChI=1S/C15H21N5O/c1-10(2)9-21-15-13(16)14(19-11(3)20-15)18-8-12-4-6-17-7-5-12/h4-7,10H,8-9,16H2,1-3H3,(H,18,19,20). The molecule has 3 N–H and O–H groups in total. The first-order valence-electron chi connectivity index (χ1n) is 6.96. The van der Waals surface area contributed by atoms with Crippen molar-refractivity contribution < 1.29 is 4.74 Å². The molecule has 0 aromatic carbocycles. The fourth-order valence-electron chi connectivity index (χ4n) is 1.73. The lowest BCUT2D eigenvalue weighted by molar-refractivity contribution is 0.262. The van der Waals surface area contributed by atoms with Crippen molar-refractivity contribution in [1.29, 1.82) is 0 Å². The molecule has 2 heterocycles. The number of hydrogen-bond donors (Lipinski definition) is 2. The van der Waals surface area contributed by atoms with Crippen LogP contribution in [0.5, 0.6) is 5.88 Å². The molecule has 0 atom stereocenters. The fraction of sp³-hybridized carbons (Fsp3) is 0.400. The first-order valence-corrected chi connectivity index (χ1v) is 6.96. The van der Waals surface area contributed by atoms with Gasteiger partial charge < -0.3 is 15.8 Å². The molecule has 6 nitrogen and oxygen atoms in total. The number of aromatic nitrogens is 3. The number of nitrogens with two attached hydrogens (primary N) is 1. The second kappa shape index (κ2) is 6.88. The van der Waals surface area contributed by atoms with E-state index in [0.717, 1.165) is 5.56 Å². The zero-order valence-electron chi connectivity index (χ0n) is 12.6. The Bertz CT molecular complexity index is 586. The van der Waals surface area contributed by atoms with Gasteiger partial charge in [-0.2, -0.15) is 4.98 Å². The van der Waals surface area contributed by atoms with E-state index in [1.54, 1.807) is 12.4 Å². The Hall–Kier alpha value is -2.37. The number of nitrogens with zero attached hydrogens (tertiary/aromatic N) is 3. The minimum absolute atomic E-state index is 0.410. The quantitative estimate of drug-likeness (QED) is 0.848. The zero-order valence-corrected chi connectivity index (χ0v) is 12.6. The van der Waals surface area contributed by atoms with Gasteiger partial charge in [0.05, 0.1) is 6.61 Å². The second-order valence-corrected chi connectivity index (χ2v) is 5.25. The monoisotopic (exact) mass is 287 g/mol. The molecule has 112 valence electrons. The van der Waals surface area contributed by atoms with Crippen LogP contribution < -0.4 is 15.8 Å². The number of anilines is 2. The average Bonchev–Trinajstić information content (AvgIpc) is 2.47. The minimum Gasteiger partial charge on any atom is -0.476 e. The number of nitrogens with one attached hydrogen (secondary N) is 1. The van der Waals surface area contributed by atoms with Gasteiger partial charge >= 0.3 is 0 Å². The van der Waals surface area contributed by atoms with Crippen molar-refractivity contribution in [3.63, 3.8) is 0 Å². The normalized spacial score (nSPS) is 10.7. The lowest BCUT2D eigenvalue weighted by Gasteiger charge is -2.14. The van der Waals surface area contributed by atoms with E-state index in [1.165, 1.54) is 0 Å². The van der Waals surface area contributed by atoms with Crippen LogP contribution in [0.4, 0.5) is 11.5 Å². The number of rotatable bonds is 6. The number of aryl methyl sites for hydroxylation is 1. The summed E-state index contributed by atoms with van der Waals surface area (Å²) in [6.07, 6.45) is 3.51. The number of nitrogen functional groups attached to an aromatic ring is 1. The molecule has 0 radical (unpaired) electrons. The van der Waals surface area contributed by atoms with E-state index < -0.39 is 0 Å². The lowest BCUT2D eigenvalue weighted by atomic mass is 10.2. The van der Waals surface area contributed by atoms with Crippen molar-refractivity contribution in [2.45, 2.75) is 27.3 Å². The maximum atomic E-state index is 6.08. The van der Waals surface area contributed by atoms with Gasteiger partial charge in [0.25, 0.3) is 0 Å². The summed E-state index contributed by atoms with van der Waals surface area (Å²) in [5.74, 6) is 2.07. The highest BCUT2D eigenvalue weighted by molar-refractivity contribution is 5.66. The molecule has 0 bridgehead atoms. The van der Waals surface area contributed by atoms with Gasteiger partial charge in [-0.3, -0.25) is 4.98 Å². The Kier molecular flexibility index (Phi) is 4.92. The Balaban J connectivity index is 2.11. The van der Waals surface area contributed by atoms with Crippen LogP contribution in [0.2, 0.25) is 0 Å². The number of hydrogen-bond acceptors (Lipinski definition) is 6. The molecular formula is C15H21N5O. The third-order valence-corrected chi connectivity index (χ3v) is 2.79. The highest BCUT2D eigenvalue weighted by Crippen LogP contribution is 2.26. The maximum Gasteiger partial charge on any atom is 0.242 e. The van der Waals surface area contributed by atoms with Crippen molar-refractivity contribution in [3.05, 3.63) is 35.9 Å². The molecule has 6 heteroatoms. The lowest BCUT2D eigenvalue weighted by Crippen LogP contribution is -2.12. The SMILES string of the molecule is Cc1nc(NCc2ccncc2)c(N)c(OCC(C)C)n1. The third-order valence-electron chi connectivity index (χ3n) is 2.79. The molecule has 21 heavy (non-hydrogen) atoms. The first kappa shape index (κ1) is 15.0. The average molecular weight is 287 g/mol. The molecule has 2 aromatic rings. The molecule has 2 aromatic heterocycles. The van der Waals surface area contributed by atoms with Gasteiger partial charge in [-0.25, -0.2) is 4.98 Å². The van der Waals surface area contributed by atoms with Crippen LogP contribution in [-0.2, 0) is 6.54 Å². The maximum absolute atomic E-state index is 6.08. The minimum atomic E-state index is 0.410. The van der Waals surface area contributed by atoms with Crippen LogP contribution >= 0.6 is 0 Å². The molecular weight excluding hydrogens is 266 g/mol. The van der Waals surface area contributed by atoms with Crippen LogP contribution in [0.1, 0.15) is 25.2 Å². The van der Waals surface area contributed by atoms with Crippen molar-refractivity contribution in [3.8, 4) is 5.88 Å². The summed E-state index contributed by atoms with van der Waals surface area (Å²) in [6, 6.07) is 3.88. The van der Waals surface area contributed by atoms with Gasteiger partial charge in [-0.1, -0.05) is 13.8 Å². The molecule has 0 aliphatic heterocycles. The molecule has 0 fully saturated rings. The Labute approximate surface area is 124 Å². The van der Waals surface area contributed by atoms with Gasteiger partial charge in [0.2, 0.25) is 5.88 Å². The van der Waals surface area contributed by atoms with E-state index in [0.29, 0.717) is 42.3 Å². The van der Waals surface area contributed by atoms with Crippen LogP contribution in [-0.4, -0.2) is 21.6 Å². The topological polar surface area (TPSA) is 86.0 Å². The molecule has 0 aliphatic carbocycles. The van der Waals surface area contributed by atoms with Gasteiger partial charge in [-0.15, -0.1) is 0 Å². The molecule has 0 amide bonds. The van der Waals surface area contributed by atoms with Gasteiger partial charge in [0.1, 0.15) is 11.5 Å². The van der Waals surface area contributed by atoms with E-state index in [4.69, 9.17) is 10.5 Å². The first-order chi connectivity index (χ1) is 10.1. The van der Waals surface area contributed by atoms with Gasteiger partial charge in [-0.05, 0) is 30.5 Å². The van der Waals surface area contributed by atoms with E-state index in [9.17, 15) is 0 Å². The Morgan fingerprint density at radius 1 is 1.24 bits per heavy atom. The van der Waals surface area contributed by atoms with E-state index in [1.807, 2.05) is 19.1 Å². The summed E-state index contributed by atoms with van der Waals surface area (Å²) >= 11 is 0. The summed E-state index contributed by atoms with van der Waals surface area (Å²) in [6.45, 7) is 7.16. The van der Waals surface area contributed by atoms with Crippen molar-refractivity contribution in [1.82, 2.24) is 15.0 Å². The molecule has 0 aliphatic rings. The number of ether oxygens (including phenoxy) is 1. The van der Waals surface area contributed by atoms with E-state index in [-0.39, 0.29) is 0 Å². The van der Waals surface area contributed by atoms with Crippen molar-refractivity contribution >= 4 is 11.5 Å². The molecule has 0 saturated carbocycles. The summed E-state index contributed by atoms with van der Waals surface area (Å²) < 4.78 is 5.65. The van der Waals surface area contributed by atoms with E-state index >= 15 is 0 Å². The Morgan fingerprint density at radius 2 is 1.95 bits per heavy atom. The third kappa shape index (κ3) is 4.30. The van der Waals surface area contributed by atoms with Crippen LogP contribution in [0.15, 0.2) is 24.5 Å². The molecule has 0 unspecified atom stereocenters. The van der Waals surface area contributed by atoms with E-state index in [2.05, 4.69) is 34.1 Å². The highest BCUT2D eigenvalue weighted by atomic mass is 16.5. The van der Waals surface area contributed by atoms with Crippen LogP contribution in [0, 0.1) is 12.8 Å². The Morgan fingerprint density at radius 3 is 2.62 bits per heavy atom. The summed E-state index contributed by atoms with van der Waals surface area (Å²) in [4.78, 5) is 12.6. The molecule has 2 rings (SSSR count). The fourth-order valence-corrected chi connectivity index (χ4v) is 1.73. The summed E-state index contributed by atoms with van der Waals surface area (Å²) in [7, 11) is 0. The van der Waals surface area contributed by atoms with Crippen molar-refractivity contribution in [2.24, 2.45) is 5.92 Å². The molecule has 0 saturated heterocycles. The smallest absolute Gasteiger partial charge is 0.242 e. The molecule has 0 spiro atoms. The predicted molar refractivity (Wildman–Crippen MR) is 83.1 cm³/mol. The van der Waals surface area contributed by atoms with Gasteiger partial charge in [0, 0.05) is 18.9 Å². The predicted octanol–water partition coefficient (Wildman–Crippen LogP) is 2.41. The highest BCUT2D eigenvalue weighted by Gasteiger charge is 2.12. The number of pyridine rings is 1. The zero-order chi connectivity index (χ0) is 15.2. The van der Waals surface area contributed by atoms with Crippen molar-refractivity contribution in [2.75, 3.05) is 17.7 Å². The second-order valence-electron chi connectivity index (χ2n) is 5.25.